The molecule has 1 aliphatic rings. The molecule has 2 rings (SSSR count). The van der Waals surface area contributed by atoms with Crippen molar-refractivity contribution in [3.05, 3.63) is 30.1 Å². The molecule has 1 unspecified atom stereocenters. The summed E-state index contributed by atoms with van der Waals surface area (Å²) in [5.41, 5.74) is 5.92. The van der Waals surface area contributed by atoms with Crippen molar-refractivity contribution in [2.45, 2.75) is 38.8 Å². The number of amides is 1. The molecule has 7 nitrogen and oxygen atoms in total. The lowest BCUT2D eigenvalue weighted by atomic mass is 10.1. The van der Waals surface area contributed by atoms with Crippen molar-refractivity contribution in [2.24, 2.45) is 10.7 Å². The summed E-state index contributed by atoms with van der Waals surface area (Å²) in [5, 5.41) is 3.16. The van der Waals surface area contributed by atoms with Crippen LogP contribution in [0.5, 0.6) is 5.75 Å². The van der Waals surface area contributed by atoms with Crippen molar-refractivity contribution in [3.8, 4) is 5.75 Å². The van der Waals surface area contributed by atoms with E-state index in [1.165, 1.54) is 6.07 Å². The molecule has 1 fully saturated rings. The van der Waals surface area contributed by atoms with Gasteiger partial charge in [0.25, 0.3) is 0 Å². The maximum absolute atomic E-state index is 13.6. The number of benzene rings is 1. The second kappa shape index (κ2) is 11.8. The highest BCUT2D eigenvalue weighted by Crippen LogP contribution is 2.17. The lowest BCUT2D eigenvalue weighted by molar-refractivity contribution is 0.0963. The topological polar surface area (TPSA) is 89.2 Å². The Bertz CT molecular complexity index is 624. The molecular weight excluding hydrogens is 466 g/mol. The molecule has 1 amide bonds. The van der Waals surface area contributed by atoms with Gasteiger partial charge in [-0.05, 0) is 38.8 Å². The number of para-hydroxylation sites is 1. The zero-order chi connectivity index (χ0) is 18.9. The van der Waals surface area contributed by atoms with Gasteiger partial charge in [0, 0.05) is 19.1 Å². The SMILES string of the molecule is CCOC(=O)N1CCC(NC(N)=NCC(C)Oc2ccccc2F)CC1.I. The third-order valence-corrected chi connectivity index (χ3v) is 4.06. The molecule has 152 valence electrons. The Balaban J connectivity index is 0.00000364. The number of aliphatic imine (C=N–C) groups is 1. The molecular formula is C18H28FIN4O3. The van der Waals surface area contributed by atoms with Crippen LogP contribution in [0.2, 0.25) is 0 Å². The van der Waals surface area contributed by atoms with Gasteiger partial charge in [-0.25, -0.2) is 14.2 Å². The summed E-state index contributed by atoms with van der Waals surface area (Å²) in [6, 6.07) is 6.41. The molecule has 9 heteroatoms. The minimum absolute atomic E-state index is 0. The number of hydrogen-bond donors (Lipinski definition) is 2. The Labute approximate surface area is 176 Å². The summed E-state index contributed by atoms with van der Waals surface area (Å²) in [5.74, 6) is 0.124. The molecule has 1 aliphatic heterocycles. The highest BCUT2D eigenvalue weighted by molar-refractivity contribution is 14.0. The van der Waals surface area contributed by atoms with Gasteiger partial charge in [0.1, 0.15) is 6.10 Å². The Morgan fingerprint density at radius 2 is 2.07 bits per heavy atom. The van der Waals surface area contributed by atoms with Crippen molar-refractivity contribution in [1.82, 2.24) is 10.2 Å². The Morgan fingerprint density at radius 3 is 2.70 bits per heavy atom. The van der Waals surface area contributed by atoms with Crippen molar-refractivity contribution in [2.75, 3.05) is 26.2 Å². The number of carbonyl (C=O) groups excluding carboxylic acids is 1. The maximum Gasteiger partial charge on any atom is 0.409 e. The largest absolute Gasteiger partial charge is 0.486 e. The van der Waals surface area contributed by atoms with Crippen LogP contribution >= 0.6 is 24.0 Å². The van der Waals surface area contributed by atoms with Crippen LogP contribution in [-0.4, -0.2) is 55.3 Å². The van der Waals surface area contributed by atoms with Crippen molar-refractivity contribution < 1.29 is 18.7 Å². The van der Waals surface area contributed by atoms with Gasteiger partial charge in [-0.15, -0.1) is 24.0 Å². The van der Waals surface area contributed by atoms with Crippen LogP contribution in [-0.2, 0) is 4.74 Å². The van der Waals surface area contributed by atoms with E-state index < -0.39 is 5.82 Å². The molecule has 1 atom stereocenters. The molecule has 0 radical (unpaired) electrons. The van der Waals surface area contributed by atoms with Crippen LogP contribution < -0.4 is 15.8 Å². The van der Waals surface area contributed by atoms with E-state index in [9.17, 15) is 9.18 Å². The predicted molar refractivity (Wildman–Crippen MR) is 113 cm³/mol. The fourth-order valence-corrected chi connectivity index (χ4v) is 2.70. The number of halogens is 2. The fourth-order valence-electron chi connectivity index (χ4n) is 2.70. The number of rotatable bonds is 6. The number of ether oxygens (including phenoxy) is 2. The molecule has 1 aromatic carbocycles. The highest BCUT2D eigenvalue weighted by atomic mass is 127. The lowest BCUT2D eigenvalue weighted by Gasteiger charge is -2.31. The Kier molecular flexibility index (Phi) is 10.2. The minimum atomic E-state index is -0.400. The molecule has 0 saturated carbocycles. The third-order valence-electron chi connectivity index (χ3n) is 4.06. The van der Waals surface area contributed by atoms with E-state index in [1.807, 2.05) is 0 Å². The summed E-state index contributed by atoms with van der Waals surface area (Å²) >= 11 is 0. The first-order valence-electron chi connectivity index (χ1n) is 8.89. The van der Waals surface area contributed by atoms with Gasteiger partial charge in [0.05, 0.1) is 13.2 Å². The second-order valence-electron chi connectivity index (χ2n) is 6.19. The van der Waals surface area contributed by atoms with Gasteiger partial charge in [0.15, 0.2) is 17.5 Å². The molecule has 27 heavy (non-hydrogen) atoms. The molecule has 1 saturated heterocycles. The summed E-state index contributed by atoms with van der Waals surface area (Å²) in [6.07, 6.45) is 0.969. The Morgan fingerprint density at radius 1 is 1.41 bits per heavy atom. The van der Waals surface area contributed by atoms with Crippen molar-refractivity contribution >= 4 is 36.0 Å². The van der Waals surface area contributed by atoms with Crippen molar-refractivity contribution in [3.63, 3.8) is 0 Å². The third kappa shape index (κ3) is 7.77. The standard InChI is InChI=1S/C18H27FN4O3.HI/c1-3-25-18(24)23-10-8-14(9-11-23)22-17(20)21-12-13(2)26-16-7-5-4-6-15(16)19;/h4-7,13-14H,3,8-12H2,1-2H3,(H3,20,21,22);1H. The van der Waals surface area contributed by atoms with E-state index in [2.05, 4.69) is 10.3 Å². The summed E-state index contributed by atoms with van der Waals surface area (Å²) < 4.78 is 24.1. The number of guanidine groups is 1. The first kappa shape index (κ1) is 23.3. The minimum Gasteiger partial charge on any atom is -0.486 e. The van der Waals surface area contributed by atoms with Gasteiger partial charge in [-0.1, -0.05) is 12.1 Å². The van der Waals surface area contributed by atoms with Gasteiger partial charge in [0.2, 0.25) is 0 Å². The monoisotopic (exact) mass is 494 g/mol. The smallest absolute Gasteiger partial charge is 0.409 e. The zero-order valence-electron chi connectivity index (χ0n) is 15.7. The molecule has 3 N–H and O–H groups in total. The average molecular weight is 494 g/mol. The van der Waals surface area contributed by atoms with Crippen molar-refractivity contribution in [1.29, 1.82) is 0 Å². The number of nitrogens with one attached hydrogen (secondary N) is 1. The molecule has 0 aromatic heterocycles. The van der Waals surface area contributed by atoms with Crippen LogP contribution in [0.1, 0.15) is 26.7 Å². The maximum atomic E-state index is 13.6. The van der Waals surface area contributed by atoms with E-state index in [0.29, 0.717) is 32.2 Å². The summed E-state index contributed by atoms with van der Waals surface area (Å²) in [4.78, 5) is 17.6. The molecule has 1 aromatic rings. The van der Waals surface area contributed by atoms with Crippen LogP contribution in [0, 0.1) is 5.82 Å². The zero-order valence-corrected chi connectivity index (χ0v) is 18.0. The van der Waals surface area contributed by atoms with Crippen LogP contribution in [0.3, 0.4) is 0 Å². The second-order valence-corrected chi connectivity index (χ2v) is 6.19. The van der Waals surface area contributed by atoms with Crippen LogP contribution in [0.4, 0.5) is 9.18 Å². The number of nitrogens with zero attached hydrogens (tertiary/aromatic N) is 2. The van der Waals surface area contributed by atoms with E-state index >= 15 is 0 Å². The number of likely N-dealkylation sites (tertiary alicyclic amines) is 1. The first-order chi connectivity index (χ1) is 12.5. The summed E-state index contributed by atoms with van der Waals surface area (Å²) in [7, 11) is 0. The van der Waals surface area contributed by atoms with Crippen LogP contribution in [0.25, 0.3) is 0 Å². The van der Waals surface area contributed by atoms with E-state index in [1.54, 1.807) is 36.9 Å². The van der Waals surface area contributed by atoms with Crippen LogP contribution in [0.15, 0.2) is 29.3 Å². The van der Waals surface area contributed by atoms with Gasteiger partial charge in [-0.2, -0.15) is 0 Å². The number of piperidine rings is 1. The molecule has 0 bridgehead atoms. The van der Waals surface area contributed by atoms with Gasteiger partial charge < -0.3 is 25.4 Å². The number of hydrogen-bond acceptors (Lipinski definition) is 4. The number of carbonyl (C=O) groups is 1. The van der Waals surface area contributed by atoms with E-state index in [4.69, 9.17) is 15.2 Å². The quantitative estimate of drug-likeness (QED) is 0.361. The summed E-state index contributed by atoms with van der Waals surface area (Å²) in [6.45, 7) is 5.53. The molecule has 0 spiro atoms. The number of nitrogens with two attached hydrogens (primary N) is 1. The average Bonchev–Trinajstić information content (AvgIpc) is 2.63. The van der Waals surface area contributed by atoms with Gasteiger partial charge in [-0.3, -0.25) is 0 Å². The Hall–Kier alpha value is -1.78. The molecule has 0 aliphatic carbocycles. The van der Waals surface area contributed by atoms with Gasteiger partial charge >= 0.3 is 6.09 Å². The fraction of sp³-hybridized carbons (Fsp3) is 0.556. The van der Waals surface area contributed by atoms with E-state index in [0.717, 1.165) is 12.8 Å². The molecule has 1 heterocycles. The highest BCUT2D eigenvalue weighted by Gasteiger charge is 2.23. The lowest BCUT2D eigenvalue weighted by Crippen LogP contribution is -2.48. The normalized spacial score (nSPS) is 16.3. The first-order valence-corrected chi connectivity index (χ1v) is 8.89. The predicted octanol–water partition coefficient (Wildman–Crippen LogP) is 2.74. The van der Waals surface area contributed by atoms with E-state index in [-0.39, 0.29) is 48.0 Å².